The van der Waals surface area contributed by atoms with Gasteiger partial charge in [-0.05, 0) is 46.0 Å². The number of nitrogens with two attached hydrogens (primary N) is 1. The molecule has 0 radical (unpaired) electrons. The Balaban J connectivity index is 2.06. The highest BCUT2D eigenvalue weighted by molar-refractivity contribution is 5.84. The smallest absolute Gasteiger partial charge is 0.237 e. The van der Waals surface area contributed by atoms with Crippen LogP contribution in [0, 0.1) is 0 Å². The van der Waals surface area contributed by atoms with E-state index < -0.39 is 5.54 Å². The lowest BCUT2D eigenvalue weighted by molar-refractivity contribution is -0.124. The number of primary amides is 1. The molecule has 0 saturated heterocycles. The molecule has 5 nitrogen and oxygen atoms in total. The van der Waals surface area contributed by atoms with Gasteiger partial charge in [-0.2, -0.15) is 0 Å². The number of amides is 1. The number of hydrogen-bond acceptors (Lipinski definition) is 4. The Morgan fingerprint density at radius 1 is 1.26 bits per heavy atom. The average Bonchev–Trinajstić information content (AvgIpc) is 3.16. The zero-order valence-corrected chi connectivity index (χ0v) is 12.2. The lowest BCUT2D eigenvalue weighted by Gasteiger charge is -2.27. The summed E-state index contributed by atoms with van der Waals surface area (Å²) in [6, 6.07) is 0.486. The van der Waals surface area contributed by atoms with Gasteiger partial charge in [-0.1, -0.05) is 0 Å². The summed E-state index contributed by atoms with van der Waals surface area (Å²) in [4.78, 5) is 11.5. The van der Waals surface area contributed by atoms with Gasteiger partial charge >= 0.3 is 0 Å². The Labute approximate surface area is 116 Å². The van der Waals surface area contributed by atoms with Crippen LogP contribution >= 0.6 is 0 Å². The number of hydrogen-bond donors (Lipinski definition) is 2. The molecule has 1 amide bonds. The van der Waals surface area contributed by atoms with E-state index >= 15 is 0 Å². The molecule has 1 saturated carbocycles. The van der Waals surface area contributed by atoms with Crippen LogP contribution in [0.3, 0.4) is 0 Å². The molecule has 0 aliphatic heterocycles. The van der Waals surface area contributed by atoms with Crippen molar-refractivity contribution in [2.75, 3.05) is 26.4 Å². The first-order valence-electron chi connectivity index (χ1n) is 7.31. The third-order valence-corrected chi connectivity index (χ3v) is 3.44. The van der Waals surface area contributed by atoms with Crippen LogP contribution in [-0.4, -0.2) is 43.9 Å². The largest absolute Gasteiger partial charge is 0.379 e. The fourth-order valence-corrected chi connectivity index (χ4v) is 1.99. The van der Waals surface area contributed by atoms with Crippen molar-refractivity contribution < 1.29 is 14.3 Å². The first-order valence-corrected chi connectivity index (χ1v) is 7.31. The van der Waals surface area contributed by atoms with Crippen LogP contribution < -0.4 is 11.1 Å². The summed E-state index contributed by atoms with van der Waals surface area (Å²) in [6.07, 6.45) is 4.97. The molecule has 1 atom stereocenters. The van der Waals surface area contributed by atoms with Gasteiger partial charge in [0.2, 0.25) is 5.91 Å². The summed E-state index contributed by atoms with van der Waals surface area (Å²) in [5.74, 6) is -0.253. The summed E-state index contributed by atoms with van der Waals surface area (Å²) < 4.78 is 10.6. The van der Waals surface area contributed by atoms with Gasteiger partial charge < -0.3 is 20.5 Å². The molecule has 3 N–H and O–H groups in total. The zero-order valence-electron chi connectivity index (χ0n) is 12.2. The molecule has 1 rings (SSSR count). The molecule has 0 aromatic carbocycles. The standard InChI is InChI=1S/C14H28N2O3/c1-3-18-10-11-19-9-5-4-8-14(2,13(15)17)16-12-6-7-12/h12,16H,3-11H2,1-2H3,(H2,15,17). The molecule has 0 aromatic rings. The maximum Gasteiger partial charge on any atom is 0.237 e. The van der Waals surface area contributed by atoms with Gasteiger partial charge in [0.25, 0.3) is 0 Å². The minimum absolute atomic E-state index is 0.253. The molecule has 0 bridgehead atoms. The summed E-state index contributed by atoms with van der Waals surface area (Å²) in [5.41, 5.74) is 4.93. The van der Waals surface area contributed by atoms with E-state index in [9.17, 15) is 4.79 Å². The Morgan fingerprint density at radius 3 is 2.53 bits per heavy atom. The van der Waals surface area contributed by atoms with Crippen molar-refractivity contribution >= 4 is 5.91 Å². The van der Waals surface area contributed by atoms with Gasteiger partial charge in [0, 0.05) is 19.3 Å². The number of ether oxygens (including phenoxy) is 2. The molecular weight excluding hydrogens is 244 g/mol. The summed E-state index contributed by atoms with van der Waals surface area (Å²) >= 11 is 0. The monoisotopic (exact) mass is 272 g/mol. The average molecular weight is 272 g/mol. The highest BCUT2D eigenvalue weighted by Gasteiger charge is 2.36. The quantitative estimate of drug-likeness (QED) is 0.524. The van der Waals surface area contributed by atoms with Gasteiger partial charge in [-0.3, -0.25) is 4.79 Å². The van der Waals surface area contributed by atoms with Gasteiger partial charge in [-0.15, -0.1) is 0 Å². The van der Waals surface area contributed by atoms with E-state index in [0.29, 0.717) is 25.9 Å². The molecule has 19 heavy (non-hydrogen) atoms. The summed E-state index contributed by atoms with van der Waals surface area (Å²) in [7, 11) is 0. The molecule has 0 spiro atoms. The van der Waals surface area contributed by atoms with E-state index in [1.54, 1.807) is 0 Å². The van der Waals surface area contributed by atoms with E-state index in [-0.39, 0.29) is 5.91 Å². The Morgan fingerprint density at radius 2 is 1.95 bits per heavy atom. The molecular formula is C14H28N2O3. The number of unbranched alkanes of at least 4 members (excludes halogenated alkanes) is 1. The Kier molecular flexibility index (Phi) is 7.34. The van der Waals surface area contributed by atoms with E-state index in [4.69, 9.17) is 15.2 Å². The fourth-order valence-electron chi connectivity index (χ4n) is 1.99. The first kappa shape index (κ1) is 16.4. The lowest BCUT2D eigenvalue weighted by Crippen LogP contribution is -2.53. The SMILES string of the molecule is CCOCCOCCCCC(C)(NC1CC1)C(N)=O. The van der Waals surface area contributed by atoms with Crippen LogP contribution in [0.2, 0.25) is 0 Å². The second kappa shape index (κ2) is 8.51. The third kappa shape index (κ3) is 6.89. The Hall–Kier alpha value is -0.650. The van der Waals surface area contributed by atoms with Crippen LogP contribution in [-0.2, 0) is 14.3 Å². The predicted octanol–water partition coefficient (Wildman–Crippen LogP) is 1.21. The van der Waals surface area contributed by atoms with Crippen molar-refractivity contribution in [2.45, 2.75) is 57.5 Å². The number of carbonyl (C=O) groups excluding carboxylic acids is 1. The Bertz CT molecular complexity index is 269. The second-order valence-corrected chi connectivity index (χ2v) is 5.38. The van der Waals surface area contributed by atoms with Gasteiger partial charge in [0.1, 0.15) is 0 Å². The van der Waals surface area contributed by atoms with Crippen molar-refractivity contribution in [3.05, 3.63) is 0 Å². The minimum atomic E-state index is -0.563. The first-order chi connectivity index (χ1) is 9.08. The van der Waals surface area contributed by atoms with E-state index in [1.165, 1.54) is 0 Å². The molecule has 112 valence electrons. The zero-order chi connectivity index (χ0) is 14.1. The normalized spacial score (nSPS) is 18.2. The van der Waals surface area contributed by atoms with E-state index in [0.717, 1.165) is 38.7 Å². The lowest BCUT2D eigenvalue weighted by atomic mass is 9.94. The topological polar surface area (TPSA) is 73.6 Å². The van der Waals surface area contributed by atoms with Gasteiger partial charge in [-0.25, -0.2) is 0 Å². The second-order valence-electron chi connectivity index (χ2n) is 5.38. The van der Waals surface area contributed by atoms with Crippen molar-refractivity contribution in [3.8, 4) is 0 Å². The fraction of sp³-hybridized carbons (Fsp3) is 0.929. The third-order valence-electron chi connectivity index (χ3n) is 3.44. The van der Waals surface area contributed by atoms with Crippen molar-refractivity contribution in [1.29, 1.82) is 0 Å². The van der Waals surface area contributed by atoms with Crippen LogP contribution in [0.4, 0.5) is 0 Å². The minimum Gasteiger partial charge on any atom is -0.379 e. The van der Waals surface area contributed by atoms with Crippen LogP contribution in [0.15, 0.2) is 0 Å². The molecule has 1 unspecified atom stereocenters. The maximum atomic E-state index is 11.5. The predicted molar refractivity (Wildman–Crippen MR) is 74.9 cm³/mol. The van der Waals surface area contributed by atoms with E-state index in [1.807, 2.05) is 13.8 Å². The molecule has 0 aromatic heterocycles. The number of carbonyl (C=O) groups is 1. The highest BCUT2D eigenvalue weighted by atomic mass is 16.5. The number of nitrogens with one attached hydrogen (secondary N) is 1. The van der Waals surface area contributed by atoms with Gasteiger partial charge in [0.05, 0.1) is 18.8 Å². The molecule has 1 aliphatic carbocycles. The summed E-state index contributed by atoms with van der Waals surface area (Å²) in [6.45, 7) is 6.61. The van der Waals surface area contributed by atoms with Crippen molar-refractivity contribution in [2.24, 2.45) is 5.73 Å². The van der Waals surface area contributed by atoms with Crippen LogP contribution in [0.25, 0.3) is 0 Å². The molecule has 0 heterocycles. The number of rotatable bonds is 12. The molecule has 1 fully saturated rings. The van der Waals surface area contributed by atoms with E-state index in [2.05, 4.69) is 5.32 Å². The van der Waals surface area contributed by atoms with Gasteiger partial charge in [0.15, 0.2) is 0 Å². The van der Waals surface area contributed by atoms with Crippen molar-refractivity contribution in [1.82, 2.24) is 5.32 Å². The van der Waals surface area contributed by atoms with Crippen LogP contribution in [0.1, 0.15) is 46.0 Å². The highest BCUT2D eigenvalue weighted by Crippen LogP contribution is 2.25. The summed E-state index contributed by atoms with van der Waals surface area (Å²) in [5, 5.41) is 3.35. The molecule has 5 heteroatoms. The molecule has 1 aliphatic rings. The maximum absolute atomic E-state index is 11.5. The van der Waals surface area contributed by atoms with Crippen LogP contribution in [0.5, 0.6) is 0 Å². The van der Waals surface area contributed by atoms with Crippen molar-refractivity contribution in [3.63, 3.8) is 0 Å².